The molecule has 0 aliphatic heterocycles. The lowest BCUT2D eigenvalue weighted by Gasteiger charge is -2.06. The molecule has 3 heteroatoms. The Balaban J connectivity index is 3.15. The molecule has 0 amide bonds. The smallest absolute Gasteiger partial charge is 0.160 e. The van der Waals surface area contributed by atoms with Gasteiger partial charge in [0.15, 0.2) is 5.78 Å². The summed E-state index contributed by atoms with van der Waals surface area (Å²) in [5, 5.41) is 0. The van der Waals surface area contributed by atoms with Gasteiger partial charge in [0, 0.05) is 11.3 Å². The molecule has 0 aromatic heterocycles. The molecular formula is C10H12O2S. The molecule has 0 aliphatic carbocycles. The standard InChI is InChI=1S/C10H12O2S/c1-7(11)10-4-3-9(12-2)5-8(10)6-13/h3-5,13H,6H2,1-2H3. The van der Waals surface area contributed by atoms with Crippen LogP contribution in [0.3, 0.4) is 0 Å². The summed E-state index contributed by atoms with van der Waals surface area (Å²) in [7, 11) is 1.60. The van der Waals surface area contributed by atoms with Crippen molar-refractivity contribution < 1.29 is 9.53 Å². The summed E-state index contributed by atoms with van der Waals surface area (Å²) < 4.78 is 5.05. The number of carbonyl (C=O) groups excluding carboxylic acids is 1. The van der Waals surface area contributed by atoms with Crippen molar-refractivity contribution in [1.82, 2.24) is 0 Å². The molecule has 0 saturated heterocycles. The van der Waals surface area contributed by atoms with Crippen LogP contribution in [0.25, 0.3) is 0 Å². The quantitative estimate of drug-likeness (QED) is 0.593. The zero-order valence-corrected chi connectivity index (χ0v) is 8.60. The Labute approximate surface area is 83.3 Å². The maximum atomic E-state index is 11.1. The third-order valence-electron chi connectivity index (χ3n) is 1.86. The fraction of sp³-hybridized carbons (Fsp3) is 0.300. The molecule has 13 heavy (non-hydrogen) atoms. The van der Waals surface area contributed by atoms with Crippen molar-refractivity contribution in [2.24, 2.45) is 0 Å². The second-order valence-electron chi connectivity index (χ2n) is 2.74. The number of hydrogen-bond acceptors (Lipinski definition) is 3. The van der Waals surface area contributed by atoms with E-state index in [4.69, 9.17) is 4.74 Å². The maximum absolute atomic E-state index is 11.1. The molecule has 0 heterocycles. The number of thiol groups is 1. The Kier molecular flexibility index (Phi) is 3.37. The first-order valence-corrected chi connectivity index (χ1v) is 4.61. The summed E-state index contributed by atoms with van der Waals surface area (Å²) >= 11 is 4.15. The summed E-state index contributed by atoms with van der Waals surface area (Å²) in [6.07, 6.45) is 0. The fourth-order valence-corrected chi connectivity index (χ4v) is 1.43. The van der Waals surface area contributed by atoms with Crippen molar-refractivity contribution in [1.29, 1.82) is 0 Å². The van der Waals surface area contributed by atoms with Crippen LogP contribution in [0.15, 0.2) is 18.2 Å². The molecule has 0 bridgehead atoms. The van der Waals surface area contributed by atoms with E-state index in [0.717, 1.165) is 16.9 Å². The molecule has 2 nitrogen and oxygen atoms in total. The molecule has 1 aromatic rings. The molecule has 0 fully saturated rings. The molecule has 1 aromatic carbocycles. The van der Waals surface area contributed by atoms with Crippen molar-refractivity contribution in [3.63, 3.8) is 0 Å². The van der Waals surface area contributed by atoms with Crippen molar-refractivity contribution in [2.75, 3.05) is 7.11 Å². The second kappa shape index (κ2) is 4.33. The fourth-order valence-electron chi connectivity index (χ4n) is 1.17. The lowest BCUT2D eigenvalue weighted by Crippen LogP contribution is -1.98. The predicted octanol–water partition coefficient (Wildman–Crippen LogP) is 2.33. The molecule has 0 radical (unpaired) electrons. The summed E-state index contributed by atoms with van der Waals surface area (Å²) in [5.41, 5.74) is 1.63. The minimum Gasteiger partial charge on any atom is -0.497 e. The first kappa shape index (κ1) is 10.1. The average Bonchev–Trinajstić information content (AvgIpc) is 2.16. The molecule has 1 rings (SSSR count). The van der Waals surface area contributed by atoms with Crippen LogP contribution >= 0.6 is 12.6 Å². The van der Waals surface area contributed by atoms with Crippen LogP contribution in [-0.4, -0.2) is 12.9 Å². The Morgan fingerprint density at radius 2 is 2.23 bits per heavy atom. The van der Waals surface area contributed by atoms with Gasteiger partial charge in [-0.25, -0.2) is 0 Å². The van der Waals surface area contributed by atoms with Gasteiger partial charge in [0.05, 0.1) is 7.11 Å². The number of ketones is 1. The third-order valence-corrected chi connectivity index (χ3v) is 2.20. The van der Waals surface area contributed by atoms with Gasteiger partial charge in [0.2, 0.25) is 0 Å². The number of ether oxygens (including phenoxy) is 1. The summed E-state index contributed by atoms with van der Waals surface area (Å²) in [4.78, 5) is 11.1. The highest BCUT2D eigenvalue weighted by atomic mass is 32.1. The average molecular weight is 196 g/mol. The van der Waals surface area contributed by atoms with Crippen molar-refractivity contribution in [3.8, 4) is 5.75 Å². The highest BCUT2D eigenvalue weighted by Gasteiger charge is 2.06. The molecule has 70 valence electrons. The van der Waals surface area contributed by atoms with Crippen LogP contribution in [0, 0.1) is 0 Å². The van der Waals surface area contributed by atoms with Crippen LogP contribution < -0.4 is 4.74 Å². The van der Waals surface area contributed by atoms with E-state index in [9.17, 15) is 4.79 Å². The molecule has 0 unspecified atom stereocenters. The van der Waals surface area contributed by atoms with Gasteiger partial charge in [-0.05, 0) is 30.7 Å². The van der Waals surface area contributed by atoms with Crippen molar-refractivity contribution >= 4 is 18.4 Å². The van der Waals surface area contributed by atoms with E-state index in [0.29, 0.717) is 5.75 Å². The molecule has 0 spiro atoms. The number of hydrogen-bond donors (Lipinski definition) is 1. The van der Waals surface area contributed by atoms with Gasteiger partial charge in [-0.3, -0.25) is 4.79 Å². The molecular weight excluding hydrogens is 184 g/mol. The van der Waals surface area contributed by atoms with E-state index >= 15 is 0 Å². The minimum absolute atomic E-state index is 0.0618. The van der Waals surface area contributed by atoms with Crippen molar-refractivity contribution in [2.45, 2.75) is 12.7 Å². The normalized spacial score (nSPS) is 9.77. The van der Waals surface area contributed by atoms with E-state index in [-0.39, 0.29) is 5.78 Å². The van der Waals surface area contributed by atoms with Gasteiger partial charge < -0.3 is 4.74 Å². The van der Waals surface area contributed by atoms with Gasteiger partial charge in [-0.15, -0.1) is 0 Å². The molecule has 0 saturated carbocycles. The first-order chi connectivity index (χ1) is 6.19. The number of rotatable bonds is 3. The van der Waals surface area contributed by atoms with Crippen LogP contribution in [0.2, 0.25) is 0 Å². The minimum atomic E-state index is 0.0618. The first-order valence-electron chi connectivity index (χ1n) is 3.97. The van der Waals surface area contributed by atoms with E-state index in [1.54, 1.807) is 26.2 Å². The van der Waals surface area contributed by atoms with E-state index in [1.807, 2.05) is 6.07 Å². The summed E-state index contributed by atoms with van der Waals surface area (Å²) in [6.45, 7) is 1.55. The number of carbonyl (C=O) groups is 1. The zero-order valence-electron chi connectivity index (χ0n) is 7.70. The van der Waals surface area contributed by atoms with Gasteiger partial charge in [0.25, 0.3) is 0 Å². The number of methoxy groups -OCH3 is 1. The Bertz CT molecular complexity index is 321. The van der Waals surface area contributed by atoms with Gasteiger partial charge in [0.1, 0.15) is 5.75 Å². The van der Waals surface area contributed by atoms with Gasteiger partial charge in [-0.1, -0.05) is 0 Å². The topological polar surface area (TPSA) is 26.3 Å². The highest BCUT2D eigenvalue weighted by molar-refractivity contribution is 7.79. The summed E-state index contributed by atoms with van der Waals surface area (Å²) in [6, 6.07) is 5.39. The van der Waals surface area contributed by atoms with Crippen LogP contribution in [-0.2, 0) is 5.75 Å². The van der Waals surface area contributed by atoms with Crippen LogP contribution in [0.5, 0.6) is 5.75 Å². The largest absolute Gasteiger partial charge is 0.497 e. The van der Waals surface area contributed by atoms with Crippen LogP contribution in [0.4, 0.5) is 0 Å². The SMILES string of the molecule is COc1ccc(C(C)=O)c(CS)c1. The number of Topliss-reactive ketones (excluding diaryl/α,β-unsaturated/α-hetero) is 1. The summed E-state index contributed by atoms with van der Waals surface area (Å²) in [5.74, 6) is 1.37. The lowest BCUT2D eigenvalue weighted by molar-refractivity contribution is 0.101. The van der Waals surface area contributed by atoms with E-state index < -0.39 is 0 Å². The zero-order chi connectivity index (χ0) is 9.84. The second-order valence-corrected chi connectivity index (χ2v) is 3.05. The molecule has 0 aliphatic rings. The monoisotopic (exact) mass is 196 g/mol. The van der Waals surface area contributed by atoms with Crippen molar-refractivity contribution in [3.05, 3.63) is 29.3 Å². The van der Waals surface area contributed by atoms with Gasteiger partial charge >= 0.3 is 0 Å². The van der Waals surface area contributed by atoms with E-state index in [1.165, 1.54) is 0 Å². The molecule has 0 N–H and O–H groups in total. The van der Waals surface area contributed by atoms with E-state index in [2.05, 4.69) is 12.6 Å². The van der Waals surface area contributed by atoms with Crippen LogP contribution in [0.1, 0.15) is 22.8 Å². The Morgan fingerprint density at radius 1 is 1.54 bits per heavy atom. The predicted molar refractivity (Wildman–Crippen MR) is 55.7 cm³/mol. The Hall–Kier alpha value is -0.960. The number of benzene rings is 1. The third kappa shape index (κ3) is 2.25. The lowest BCUT2D eigenvalue weighted by atomic mass is 10.1. The Morgan fingerprint density at radius 3 is 2.69 bits per heavy atom. The molecule has 0 atom stereocenters. The highest BCUT2D eigenvalue weighted by Crippen LogP contribution is 2.19. The van der Waals surface area contributed by atoms with Gasteiger partial charge in [-0.2, -0.15) is 12.6 Å². The maximum Gasteiger partial charge on any atom is 0.160 e.